The standard InChI is InChI=1S/C13H14N6OS/c1-18-13(15-16-17-18)21-10-12(20)19(9-5-8-14)11-6-3-2-4-7-11/h2-4,6-7H,5,9-10H2,1H3. The zero-order valence-electron chi connectivity index (χ0n) is 11.5. The van der Waals surface area contributed by atoms with Crippen molar-refractivity contribution in [2.45, 2.75) is 11.6 Å². The molecule has 0 saturated carbocycles. The average Bonchev–Trinajstić information content (AvgIpc) is 2.92. The number of rotatable bonds is 6. The van der Waals surface area contributed by atoms with E-state index in [1.54, 1.807) is 11.9 Å². The maximum absolute atomic E-state index is 12.4. The number of tetrazole rings is 1. The van der Waals surface area contributed by atoms with Crippen LogP contribution in [0.5, 0.6) is 0 Å². The van der Waals surface area contributed by atoms with Crippen LogP contribution in [0, 0.1) is 11.3 Å². The molecule has 0 radical (unpaired) electrons. The Morgan fingerprint density at radius 3 is 2.81 bits per heavy atom. The molecule has 0 atom stereocenters. The molecule has 0 spiro atoms. The van der Waals surface area contributed by atoms with Gasteiger partial charge in [0.1, 0.15) is 0 Å². The summed E-state index contributed by atoms with van der Waals surface area (Å²) in [6, 6.07) is 11.4. The summed E-state index contributed by atoms with van der Waals surface area (Å²) in [6.45, 7) is 0.372. The Labute approximate surface area is 126 Å². The molecule has 0 N–H and O–H groups in total. The van der Waals surface area contributed by atoms with Crippen molar-refractivity contribution >= 4 is 23.4 Å². The number of hydrogen-bond acceptors (Lipinski definition) is 6. The van der Waals surface area contributed by atoms with Gasteiger partial charge in [0, 0.05) is 19.3 Å². The third kappa shape index (κ3) is 4.03. The maximum Gasteiger partial charge on any atom is 0.237 e. The van der Waals surface area contributed by atoms with Gasteiger partial charge in [-0.2, -0.15) is 5.26 Å². The molecule has 108 valence electrons. The lowest BCUT2D eigenvalue weighted by Crippen LogP contribution is -2.33. The quantitative estimate of drug-likeness (QED) is 0.746. The van der Waals surface area contributed by atoms with Gasteiger partial charge in [-0.3, -0.25) is 4.79 Å². The predicted octanol–water partition coefficient (Wildman–Crippen LogP) is 1.25. The van der Waals surface area contributed by atoms with Crippen LogP contribution in [-0.2, 0) is 11.8 Å². The fourth-order valence-corrected chi connectivity index (χ4v) is 2.44. The van der Waals surface area contributed by atoms with E-state index in [1.165, 1.54) is 16.4 Å². The van der Waals surface area contributed by atoms with Gasteiger partial charge in [-0.25, -0.2) is 4.68 Å². The summed E-state index contributed by atoms with van der Waals surface area (Å²) in [5.41, 5.74) is 0.787. The van der Waals surface area contributed by atoms with Gasteiger partial charge in [0.2, 0.25) is 11.1 Å². The molecule has 2 rings (SSSR count). The first-order valence-electron chi connectivity index (χ1n) is 6.30. The molecular weight excluding hydrogens is 288 g/mol. The van der Waals surface area contributed by atoms with Crippen molar-refractivity contribution in [2.24, 2.45) is 7.05 Å². The monoisotopic (exact) mass is 302 g/mol. The molecular formula is C13H14N6OS. The van der Waals surface area contributed by atoms with E-state index in [1.807, 2.05) is 30.3 Å². The Balaban J connectivity index is 2.04. The van der Waals surface area contributed by atoms with E-state index in [-0.39, 0.29) is 18.1 Å². The highest BCUT2D eigenvalue weighted by molar-refractivity contribution is 7.99. The molecule has 8 heteroatoms. The number of para-hydroxylation sites is 1. The normalized spacial score (nSPS) is 10.1. The van der Waals surface area contributed by atoms with Crippen molar-refractivity contribution in [3.63, 3.8) is 0 Å². The number of benzene rings is 1. The van der Waals surface area contributed by atoms with Gasteiger partial charge < -0.3 is 4.90 Å². The highest BCUT2D eigenvalue weighted by atomic mass is 32.2. The third-order valence-corrected chi connectivity index (χ3v) is 3.72. The summed E-state index contributed by atoms with van der Waals surface area (Å²) in [5.74, 6) is 0.138. The van der Waals surface area contributed by atoms with Crippen LogP contribution in [0.4, 0.5) is 5.69 Å². The van der Waals surface area contributed by atoms with Crippen molar-refractivity contribution in [1.29, 1.82) is 5.26 Å². The highest BCUT2D eigenvalue weighted by Gasteiger charge is 2.16. The number of aryl methyl sites for hydroxylation is 1. The molecule has 7 nitrogen and oxygen atoms in total. The Kier molecular flexibility index (Phi) is 5.29. The van der Waals surface area contributed by atoms with Crippen LogP contribution in [0.2, 0.25) is 0 Å². The largest absolute Gasteiger partial charge is 0.311 e. The van der Waals surface area contributed by atoms with Crippen molar-refractivity contribution in [2.75, 3.05) is 17.2 Å². The van der Waals surface area contributed by atoms with Gasteiger partial charge in [0.15, 0.2) is 0 Å². The number of carbonyl (C=O) groups excluding carboxylic acids is 1. The minimum absolute atomic E-state index is 0.0792. The highest BCUT2D eigenvalue weighted by Crippen LogP contribution is 2.18. The van der Waals surface area contributed by atoms with Gasteiger partial charge in [-0.1, -0.05) is 30.0 Å². The number of nitriles is 1. The second kappa shape index (κ2) is 7.40. The van der Waals surface area contributed by atoms with Gasteiger partial charge in [-0.05, 0) is 22.6 Å². The van der Waals surface area contributed by atoms with E-state index >= 15 is 0 Å². The van der Waals surface area contributed by atoms with Crippen molar-refractivity contribution in [1.82, 2.24) is 20.2 Å². The van der Waals surface area contributed by atoms with Crippen LogP contribution in [0.1, 0.15) is 6.42 Å². The molecule has 1 amide bonds. The molecule has 21 heavy (non-hydrogen) atoms. The molecule has 1 aromatic carbocycles. The summed E-state index contributed by atoms with van der Waals surface area (Å²) in [5, 5.41) is 20.4. The number of hydrogen-bond donors (Lipinski definition) is 0. The summed E-state index contributed by atoms with van der Waals surface area (Å²) in [4.78, 5) is 14.0. The number of aromatic nitrogens is 4. The Morgan fingerprint density at radius 2 is 2.19 bits per heavy atom. The van der Waals surface area contributed by atoms with Crippen LogP contribution in [0.25, 0.3) is 0 Å². The minimum Gasteiger partial charge on any atom is -0.311 e. The van der Waals surface area contributed by atoms with Crippen LogP contribution in [-0.4, -0.2) is 38.4 Å². The van der Waals surface area contributed by atoms with Crippen molar-refractivity contribution in [3.8, 4) is 6.07 Å². The van der Waals surface area contributed by atoms with Crippen LogP contribution >= 0.6 is 11.8 Å². The summed E-state index contributed by atoms with van der Waals surface area (Å²) >= 11 is 1.27. The molecule has 2 aromatic rings. The Hall–Kier alpha value is -2.40. The third-order valence-electron chi connectivity index (χ3n) is 2.72. The summed E-state index contributed by atoms with van der Waals surface area (Å²) < 4.78 is 1.51. The average molecular weight is 302 g/mol. The van der Waals surface area contributed by atoms with Crippen LogP contribution in [0.3, 0.4) is 0 Å². The first-order valence-corrected chi connectivity index (χ1v) is 7.28. The number of anilines is 1. The van der Waals surface area contributed by atoms with E-state index < -0.39 is 0 Å². The second-order valence-electron chi connectivity index (χ2n) is 4.16. The maximum atomic E-state index is 12.4. The zero-order valence-corrected chi connectivity index (χ0v) is 12.3. The summed E-state index contributed by atoms with van der Waals surface area (Å²) in [7, 11) is 1.72. The first kappa shape index (κ1) is 15.0. The molecule has 0 aliphatic heterocycles. The second-order valence-corrected chi connectivity index (χ2v) is 5.11. The van der Waals surface area contributed by atoms with E-state index in [0.29, 0.717) is 11.7 Å². The first-order chi connectivity index (χ1) is 10.2. The molecule has 0 fully saturated rings. The fraction of sp³-hybridized carbons (Fsp3) is 0.308. The lowest BCUT2D eigenvalue weighted by Gasteiger charge is -2.21. The number of thioether (sulfide) groups is 1. The zero-order chi connectivity index (χ0) is 15.1. The molecule has 0 unspecified atom stereocenters. The van der Waals surface area contributed by atoms with Crippen LogP contribution < -0.4 is 4.90 Å². The van der Waals surface area contributed by atoms with E-state index in [2.05, 4.69) is 21.6 Å². The van der Waals surface area contributed by atoms with Crippen LogP contribution in [0.15, 0.2) is 35.5 Å². The smallest absolute Gasteiger partial charge is 0.237 e. The molecule has 0 bridgehead atoms. The SMILES string of the molecule is Cn1nnnc1SCC(=O)N(CCC#N)c1ccccc1. The summed E-state index contributed by atoms with van der Waals surface area (Å²) in [6.07, 6.45) is 0.289. The van der Waals surface area contributed by atoms with Gasteiger partial charge in [0.05, 0.1) is 18.2 Å². The fourth-order valence-electron chi connectivity index (χ4n) is 1.72. The minimum atomic E-state index is -0.0792. The molecule has 0 aliphatic carbocycles. The molecule has 1 aromatic heterocycles. The van der Waals surface area contributed by atoms with Gasteiger partial charge in [0.25, 0.3) is 0 Å². The predicted molar refractivity (Wildman–Crippen MR) is 78.5 cm³/mol. The number of nitrogens with zero attached hydrogens (tertiary/aromatic N) is 6. The lowest BCUT2D eigenvalue weighted by atomic mass is 10.2. The van der Waals surface area contributed by atoms with E-state index in [0.717, 1.165) is 5.69 Å². The topological polar surface area (TPSA) is 87.7 Å². The van der Waals surface area contributed by atoms with E-state index in [9.17, 15) is 4.79 Å². The number of amides is 1. The Bertz CT molecular complexity index is 636. The molecule has 0 aliphatic rings. The lowest BCUT2D eigenvalue weighted by molar-refractivity contribution is -0.116. The Morgan fingerprint density at radius 1 is 1.43 bits per heavy atom. The van der Waals surface area contributed by atoms with Crippen molar-refractivity contribution < 1.29 is 4.79 Å². The van der Waals surface area contributed by atoms with E-state index in [4.69, 9.17) is 5.26 Å². The number of carbonyl (C=O) groups is 1. The van der Waals surface area contributed by atoms with Gasteiger partial charge in [-0.15, -0.1) is 5.10 Å². The molecule has 1 heterocycles. The molecule has 0 saturated heterocycles. The van der Waals surface area contributed by atoms with Gasteiger partial charge >= 0.3 is 0 Å². The van der Waals surface area contributed by atoms with Crippen molar-refractivity contribution in [3.05, 3.63) is 30.3 Å².